The maximum Gasteiger partial charge on any atom is 0.167 e. The molecule has 1 N–H and O–H groups in total. The smallest absolute Gasteiger partial charge is 0.167 e. The van der Waals surface area contributed by atoms with E-state index in [2.05, 4.69) is 5.32 Å². The summed E-state index contributed by atoms with van der Waals surface area (Å²) >= 11 is 11.7. The van der Waals surface area contributed by atoms with Crippen molar-refractivity contribution >= 4 is 40.5 Å². The molecule has 0 aliphatic heterocycles. The summed E-state index contributed by atoms with van der Waals surface area (Å²) in [6.45, 7) is 0. The van der Waals surface area contributed by atoms with Crippen LogP contribution in [0.2, 0.25) is 10.0 Å². The van der Waals surface area contributed by atoms with E-state index in [1.807, 2.05) is 0 Å². The van der Waals surface area contributed by atoms with Crippen LogP contribution in [0.4, 0.5) is 5.69 Å². The molecule has 0 bridgehead atoms. The maximum absolute atomic E-state index is 11.6. The number of hydrogen-bond donors (Lipinski definition) is 1. The van der Waals surface area contributed by atoms with E-state index in [4.69, 9.17) is 23.2 Å². The van der Waals surface area contributed by atoms with Crippen molar-refractivity contribution < 1.29 is 9.59 Å². The molecule has 2 rings (SSSR count). The van der Waals surface area contributed by atoms with Gasteiger partial charge in [0, 0.05) is 24.7 Å². The standard InChI is InChI=1S/C13H11Cl2NO2/c14-10-5-4-8(6-11(10)15)16-7-9-12(17)2-1-3-13(9)18/h4-7,16H,1-3H2. The highest BCUT2D eigenvalue weighted by molar-refractivity contribution is 6.42. The van der Waals surface area contributed by atoms with Gasteiger partial charge < -0.3 is 5.32 Å². The second kappa shape index (κ2) is 5.55. The lowest BCUT2D eigenvalue weighted by Gasteiger charge is -2.12. The van der Waals surface area contributed by atoms with Gasteiger partial charge in [0.2, 0.25) is 0 Å². The van der Waals surface area contributed by atoms with Crippen LogP contribution in [-0.2, 0) is 9.59 Å². The third-order valence-corrected chi connectivity index (χ3v) is 3.45. The monoisotopic (exact) mass is 283 g/mol. The molecule has 1 aliphatic rings. The molecule has 1 aliphatic carbocycles. The van der Waals surface area contributed by atoms with E-state index in [0.29, 0.717) is 35.0 Å². The van der Waals surface area contributed by atoms with Gasteiger partial charge in [0.05, 0.1) is 15.6 Å². The molecule has 0 unspecified atom stereocenters. The van der Waals surface area contributed by atoms with Crippen molar-refractivity contribution in [3.63, 3.8) is 0 Å². The molecule has 0 amide bonds. The summed E-state index contributed by atoms with van der Waals surface area (Å²) < 4.78 is 0. The highest BCUT2D eigenvalue weighted by atomic mass is 35.5. The van der Waals surface area contributed by atoms with Gasteiger partial charge in [0.1, 0.15) is 0 Å². The van der Waals surface area contributed by atoms with Gasteiger partial charge in [-0.1, -0.05) is 23.2 Å². The summed E-state index contributed by atoms with van der Waals surface area (Å²) in [5, 5.41) is 3.77. The molecule has 0 spiro atoms. The summed E-state index contributed by atoms with van der Waals surface area (Å²) in [6, 6.07) is 5.01. The SMILES string of the molecule is O=C1CCCC(=O)C1=CNc1ccc(Cl)c(Cl)c1. The molecule has 0 atom stereocenters. The van der Waals surface area contributed by atoms with Crippen LogP contribution < -0.4 is 5.32 Å². The van der Waals surface area contributed by atoms with Gasteiger partial charge in [-0.25, -0.2) is 0 Å². The fourth-order valence-corrected chi connectivity index (χ4v) is 2.03. The average molecular weight is 284 g/mol. The molecule has 0 radical (unpaired) electrons. The second-order valence-corrected chi connectivity index (χ2v) is 4.85. The number of halogens is 2. The zero-order valence-corrected chi connectivity index (χ0v) is 11.0. The molecular formula is C13H11Cl2NO2. The normalized spacial score (nSPS) is 15.8. The highest BCUT2D eigenvalue weighted by Gasteiger charge is 2.22. The van der Waals surface area contributed by atoms with E-state index >= 15 is 0 Å². The molecule has 3 nitrogen and oxygen atoms in total. The number of rotatable bonds is 2. The molecule has 18 heavy (non-hydrogen) atoms. The minimum Gasteiger partial charge on any atom is -0.361 e. The topological polar surface area (TPSA) is 46.2 Å². The van der Waals surface area contributed by atoms with Crippen molar-refractivity contribution in [2.75, 3.05) is 5.32 Å². The Hall–Kier alpha value is -1.32. The van der Waals surface area contributed by atoms with Gasteiger partial charge in [0.15, 0.2) is 11.6 Å². The summed E-state index contributed by atoms with van der Waals surface area (Å²) in [4.78, 5) is 23.1. The van der Waals surface area contributed by atoms with Crippen molar-refractivity contribution in [2.45, 2.75) is 19.3 Å². The van der Waals surface area contributed by atoms with E-state index < -0.39 is 0 Å². The Balaban J connectivity index is 2.16. The van der Waals surface area contributed by atoms with Crippen molar-refractivity contribution in [1.82, 2.24) is 0 Å². The van der Waals surface area contributed by atoms with Gasteiger partial charge in [-0.3, -0.25) is 9.59 Å². The predicted octanol–water partition coefficient (Wildman–Crippen LogP) is 3.61. The van der Waals surface area contributed by atoms with Crippen LogP contribution in [0.3, 0.4) is 0 Å². The first-order chi connectivity index (χ1) is 8.58. The molecule has 0 heterocycles. The lowest BCUT2D eigenvalue weighted by atomic mass is 9.93. The number of carbonyl (C=O) groups excluding carboxylic acids is 2. The van der Waals surface area contributed by atoms with Gasteiger partial charge >= 0.3 is 0 Å². The lowest BCUT2D eigenvalue weighted by molar-refractivity contribution is -0.123. The van der Waals surface area contributed by atoms with Crippen molar-refractivity contribution in [3.05, 3.63) is 40.0 Å². The van der Waals surface area contributed by atoms with Crippen molar-refractivity contribution in [1.29, 1.82) is 0 Å². The Morgan fingerprint density at radius 2 is 1.72 bits per heavy atom. The van der Waals surface area contributed by atoms with E-state index in [-0.39, 0.29) is 17.1 Å². The van der Waals surface area contributed by atoms with Crippen LogP contribution in [-0.4, -0.2) is 11.6 Å². The van der Waals surface area contributed by atoms with E-state index in [9.17, 15) is 9.59 Å². The van der Waals surface area contributed by atoms with Crippen LogP contribution in [0, 0.1) is 0 Å². The van der Waals surface area contributed by atoms with Crippen molar-refractivity contribution in [2.24, 2.45) is 0 Å². The first-order valence-electron chi connectivity index (χ1n) is 5.56. The molecule has 0 saturated heterocycles. The maximum atomic E-state index is 11.6. The molecule has 1 saturated carbocycles. The zero-order valence-electron chi connectivity index (χ0n) is 9.50. The molecule has 1 aromatic carbocycles. The van der Waals surface area contributed by atoms with Crippen LogP contribution in [0.5, 0.6) is 0 Å². The first kappa shape index (κ1) is 13.1. The van der Waals surface area contributed by atoms with Gasteiger partial charge in [-0.05, 0) is 24.6 Å². The minimum absolute atomic E-state index is 0.112. The third kappa shape index (κ3) is 2.92. The minimum atomic E-state index is -0.112. The van der Waals surface area contributed by atoms with E-state index in [0.717, 1.165) is 0 Å². The summed E-state index contributed by atoms with van der Waals surface area (Å²) in [7, 11) is 0. The molecule has 5 heteroatoms. The fourth-order valence-electron chi connectivity index (χ4n) is 1.74. The molecule has 1 fully saturated rings. The van der Waals surface area contributed by atoms with Gasteiger partial charge in [-0.2, -0.15) is 0 Å². The Kier molecular flexibility index (Phi) is 4.04. The Morgan fingerprint density at radius 1 is 1.06 bits per heavy atom. The first-order valence-corrected chi connectivity index (χ1v) is 6.31. The van der Waals surface area contributed by atoms with Gasteiger partial charge in [0.25, 0.3) is 0 Å². The third-order valence-electron chi connectivity index (χ3n) is 2.71. The molecule has 0 aromatic heterocycles. The summed E-state index contributed by atoms with van der Waals surface area (Å²) in [5.41, 5.74) is 0.912. The Morgan fingerprint density at radius 3 is 2.33 bits per heavy atom. The molecular weight excluding hydrogens is 273 g/mol. The predicted molar refractivity (Wildman–Crippen MR) is 72.0 cm³/mol. The highest BCUT2D eigenvalue weighted by Crippen LogP contribution is 2.25. The molecule has 1 aromatic rings. The zero-order chi connectivity index (χ0) is 13.1. The lowest BCUT2D eigenvalue weighted by Crippen LogP contribution is -2.19. The van der Waals surface area contributed by atoms with Crippen LogP contribution >= 0.6 is 23.2 Å². The second-order valence-electron chi connectivity index (χ2n) is 4.03. The number of Topliss-reactive ketones (excluding diaryl/α,β-unsaturated/α-hetero) is 2. The van der Waals surface area contributed by atoms with E-state index in [1.165, 1.54) is 6.20 Å². The van der Waals surface area contributed by atoms with Gasteiger partial charge in [-0.15, -0.1) is 0 Å². The number of nitrogens with one attached hydrogen (secondary N) is 1. The average Bonchev–Trinajstić information content (AvgIpc) is 2.33. The number of hydrogen-bond acceptors (Lipinski definition) is 3. The number of allylic oxidation sites excluding steroid dienone is 1. The quantitative estimate of drug-likeness (QED) is 0.666. The summed E-state index contributed by atoms with van der Waals surface area (Å²) in [5.74, 6) is -0.224. The Bertz CT molecular complexity index is 520. The number of ketones is 2. The van der Waals surface area contributed by atoms with Crippen molar-refractivity contribution in [3.8, 4) is 0 Å². The van der Waals surface area contributed by atoms with Crippen LogP contribution in [0.25, 0.3) is 0 Å². The van der Waals surface area contributed by atoms with E-state index in [1.54, 1.807) is 18.2 Å². The van der Waals surface area contributed by atoms with Crippen LogP contribution in [0.1, 0.15) is 19.3 Å². The molecule has 94 valence electrons. The summed E-state index contributed by atoms with van der Waals surface area (Å²) in [6.07, 6.45) is 2.95. The fraction of sp³-hybridized carbons (Fsp3) is 0.231. The number of anilines is 1. The largest absolute Gasteiger partial charge is 0.361 e. The number of carbonyl (C=O) groups is 2. The number of benzene rings is 1. The van der Waals surface area contributed by atoms with Crippen LogP contribution in [0.15, 0.2) is 30.0 Å². The Labute approximate surface area is 115 Å².